The van der Waals surface area contributed by atoms with Gasteiger partial charge in [0.1, 0.15) is 0 Å². The molecule has 1 aromatic rings. The molecule has 0 bridgehead atoms. The maximum absolute atomic E-state index is 3.54. The molecule has 2 heteroatoms. The average Bonchev–Trinajstić information content (AvgIpc) is 2.76. The number of rotatable bonds is 4. The second-order valence-corrected chi connectivity index (χ2v) is 4.79. The van der Waals surface area contributed by atoms with Crippen LogP contribution in [0, 0.1) is 13.8 Å². The zero-order chi connectivity index (χ0) is 11.4. The second kappa shape index (κ2) is 5.35. The van der Waals surface area contributed by atoms with E-state index in [4.69, 9.17) is 0 Å². The summed E-state index contributed by atoms with van der Waals surface area (Å²) in [4.78, 5) is 2.54. The van der Waals surface area contributed by atoms with E-state index in [1.54, 1.807) is 0 Å². The molecule has 0 aromatic heterocycles. The fraction of sp³-hybridized carbons (Fsp3) is 0.571. The molecule has 2 rings (SSSR count). The van der Waals surface area contributed by atoms with Crippen LogP contribution in [0.4, 0.5) is 5.69 Å². The summed E-state index contributed by atoms with van der Waals surface area (Å²) in [6.45, 7) is 9.11. The summed E-state index contributed by atoms with van der Waals surface area (Å²) in [7, 11) is 0. The number of nitrogens with one attached hydrogen (secondary N) is 1. The van der Waals surface area contributed by atoms with Gasteiger partial charge in [-0.15, -0.1) is 0 Å². The van der Waals surface area contributed by atoms with Gasteiger partial charge in [-0.05, 0) is 57.0 Å². The third-order valence-electron chi connectivity index (χ3n) is 3.34. The molecule has 0 radical (unpaired) electrons. The van der Waals surface area contributed by atoms with Gasteiger partial charge in [-0.25, -0.2) is 0 Å². The summed E-state index contributed by atoms with van der Waals surface area (Å²) in [5.74, 6) is 0. The fourth-order valence-electron chi connectivity index (χ4n) is 2.28. The predicted octanol–water partition coefficient (Wildman–Crippen LogP) is 2.81. The average molecular weight is 218 g/mol. The summed E-state index contributed by atoms with van der Waals surface area (Å²) in [6.07, 6.45) is 2.76. The molecule has 0 amide bonds. The number of aryl methyl sites for hydroxylation is 2. The van der Waals surface area contributed by atoms with Gasteiger partial charge in [0.2, 0.25) is 0 Å². The van der Waals surface area contributed by atoms with Crippen LogP contribution in [0.25, 0.3) is 0 Å². The van der Waals surface area contributed by atoms with Gasteiger partial charge >= 0.3 is 0 Å². The molecule has 0 saturated carbocycles. The molecule has 1 heterocycles. The summed E-state index contributed by atoms with van der Waals surface area (Å²) in [5, 5.41) is 3.54. The standard InChI is InChI=1S/C14H22N2/c1-12-5-6-13(2)14(11-12)15-7-10-16-8-3-4-9-16/h5-6,11,15H,3-4,7-10H2,1-2H3. The Hall–Kier alpha value is -1.02. The summed E-state index contributed by atoms with van der Waals surface area (Å²) in [5.41, 5.74) is 3.96. The first kappa shape index (κ1) is 11.5. The van der Waals surface area contributed by atoms with Gasteiger partial charge in [0, 0.05) is 18.8 Å². The van der Waals surface area contributed by atoms with Crippen molar-refractivity contribution in [3.8, 4) is 0 Å². The maximum atomic E-state index is 3.54. The van der Waals surface area contributed by atoms with E-state index in [9.17, 15) is 0 Å². The van der Waals surface area contributed by atoms with Crippen LogP contribution in [0.3, 0.4) is 0 Å². The third-order valence-corrected chi connectivity index (χ3v) is 3.34. The molecule has 16 heavy (non-hydrogen) atoms. The minimum absolute atomic E-state index is 1.06. The Morgan fingerprint density at radius 1 is 1.19 bits per heavy atom. The Morgan fingerprint density at radius 2 is 1.94 bits per heavy atom. The van der Waals surface area contributed by atoms with Gasteiger partial charge in [0.15, 0.2) is 0 Å². The largest absolute Gasteiger partial charge is 0.384 e. The number of likely N-dealkylation sites (tertiary alicyclic amines) is 1. The van der Waals surface area contributed by atoms with Crippen molar-refractivity contribution >= 4 is 5.69 Å². The molecule has 0 unspecified atom stereocenters. The summed E-state index contributed by atoms with van der Waals surface area (Å²) >= 11 is 0. The molecule has 1 saturated heterocycles. The first-order chi connectivity index (χ1) is 7.75. The molecular formula is C14H22N2. The van der Waals surface area contributed by atoms with Crippen molar-refractivity contribution in [3.05, 3.63) is 29.3 Å². The van der Waals surface area contributed by atoms with Gasteiger partial charge in [-0.1, -0.05) is 12.1 Å². The molecule has 2 nitrogen and oxygen atoms in total. The highest BCUT2D eigenvalue weighted by atomic mass is 15.1. The van der Waals surface area contributed by atoms with Gasteiger partial charge in [0.25, 0.3) is 0 Å². The van der Waals surface area contributed by atoms with E-state index in [2.05, 4.69) is 42.3 Å². The predicted molar refractivity (Wildman–Crippen MR) is 70.1 cm³/mol. The number of hydrogen-bond donors (Lipinski definition) is 1. The highest BCUT2D eigenvalue weighted by molar-refractivity contribution is 5.52. The zero-order valence-electron chi connectivity index (χ0n) is 10.4. The Balaban J connectivity index is 1.82. The van der Waals surface area contributed by atoms with E-state index in [0.29, 0.717) is 0 Å². The molecule has 0 aliphatic carbocycles. The normalized spacial score (nSPS) is 16.6. The van der Waals surface area contributed by atoms with Crippen LogP contribution in [0.1, 0.15) is 24.0 Å². The number of benzene rings is 1. The van der Waals surface area contributed by atoms with Crippen molar-refractivity contribution in [2.45, 2.75) is 26.7 Å². The minimum Gasteiger partial charge on any atom is -0.384 e. The molecule has 1 aliphatic heterocycles. The van der Waals surface area contributed by atoms with E-state index in [-0.39, 0.29) is 0 Å². The zero-order valence-corrected chi connectivity index (χ0v) is 10.4. The summed E-state index contributed by atoms with van der Waals surface area (Å²) < 4.78 is 0. The number of nitrogens with zero attached hydrogens (tertiary/aromatic N) is 1. The Kier molecular flexibility index (Phi) is 3.83. The molecule has 1 N–H and O–H groups in total. The molecule has 88 valence electrons. The lowest BCUT2D eigenvalue weighted by atomic mass is 10.1. The van der Waals surface area contributed by atoms with Crippen molar-refractivity contribution in [2.24, 2.45) is 0 Å². The van der Waals surface area contributed by atoms with Gasteiger partial charge in [0.05, 0.1) is 0 Å². The van der Waals surface area contributed by atoms with E-state index in [0.717, 1.165) is 6.54 Å². The molecule has 1 fully saturated rings. The highest BCUT2D eigenvalue weighted by Crippen LogP contribution is 2.16. The summed E-state index contributed by atoms with van der Waals surface area (Å²) in [6, 6.07) is 6.59. The monoisotopic (exact) mass is 218 g/mol. The van der Waals surface area contributed by atoms with E-state index < -0.39 is 0 Å². The van der Waals surface area contributed by atoms with Gasteiger partial charge < -0.3 is 10.2 Å². The first-order valence-corrected chi connectivity index (χ1v) is 6.29. The Bertz CT molecular complexity index is 341. The second-order valence-electron chi connectivity index (χ2n) is 4.79. The van der Waals surface area contributed by atoms with Crippen molar-refractivity contribution < 1.29 is 0 Å². The smallest absolute Gasteiger partial charge is 0.0372 e. The Labute approximate surface area is 98.7 Å². The topological polar surface area (TPSA) is 15.3 Å². The minimum atomic E-state index is 1.06. The molecule has 1 aliphatic rings. The highest BCUT2D eigenvalue weighted by Gasteiger charge is 2.10. The van der Waals surface area contributed by atoms with Crippen LogP contribution in [0.5, 0.6) is 0 Å². The molecular weight excluding hydrogens is 196 g/mol. The lowest BCUT2D eigenvalue weighted by Crippen LogP contribution is -2.26. The SMILES string of the molecule is Cc1ccc(C)c(NCCN2CCCC2)c1. The van der Waals surface area contributed by atoms with Gasteiger partial charge in [-0.3, -0.25) is 0 Å². The van der Waals surface area contributed by atoms with Crippen molar-refractivity contribution in [1.29, 1.82) is 0 Å². The van der Waals surface area contributed by atoms with E-state index in [1.165, 1.54) is 49.3 Å². The van der Waals surface area contributed by atoms with Crippen LogP contribution in [0.2, 0.25) is 0 Å². The van der Waals surface area contributed by atoms with Crippen LogP contribution in [0.15, 0.2) is 18.2 Å². The first-order valence-electron chi connectivity index (χ1n) is 6.29. The van der Waals surface area contributed by atoms with Crippen molar-refractivity contribution in [1.82, 2.24) is 4.90 Å². The number of anilines is 1. The lowest BCUT2D eigenvalue weighted by molar-refractivity contribution is 0.352. The molecule has 0 spiro atoms. The van der Waals surface area contributed by atoms with Crippen LogP contribution >= 0.6 is 0 Å². The van der Waals surface area contributed by atoms with Crippen LogP contribution < -0.4 is 5.32 Å². The number of hydrogen-bond acceptors (Lipinski definition) is 2. The Morgan fingerprint density at radius 3 is 2.69 bits per heavy atom. The lowest BCUT2D eigenvalue weighted by Gasteiger charge is -2.16. The van der Waals surface area contributed by atoms with E-state index in [1.807, 2.05) is 0 Å². The van der Waals surface area contributed by atoms with Crippen LogP contribution in [-0.2, 0) is 0 Å². The third kappa shape index (κ3) is 2.99. The fourth-order valence-corrected chi connectivity index (χ4v) is 2.28. The quantitative estimate of drug-likeness (QED) is 0.836. The van der Waals surface area contributed by atoms with Crippen molar-refractivity contribution in [2.75, 3.05) is 31.5 Å². The van der Waals surface area contributed by atoms with Crippen LogP contribution in [-0.4, -0.2) is 31.1 Å². The van der Waals surface area contributed by atoms with Crippen molar-refractivity contribution in [3.63, 3.8) is 0 Å². The maximum Gasteiger partial charge on any atom is 0.0372 e. The molecule has 1 aromatic carbocycles. The molecule has 0 atom stereocenters. The van der Waals surface area contributed by atoms with E-state index >= 15 is 0 Å². The van der Waals surface area contributed by atoms with Gasteiger partial charge in [-0.2, -0.15) is 0 Å².